The molecule has 0 radical (unpaired) electrons. The molecule has 2 atom stereocenters. The number of benzene rings is 2. The van der Waals surface area contributed by atoms with Crippen LogP contribution in [-0.2, 0) is 16.0 Å². The summed E-state index contributed by atoms with van der Waals surface area (Å²) >= 11 is -1.13. The number of rotatable bonds is 5. The van der Waals surface area contributed by atoms with E-state index in [2.05, 4.69) is 0 Å². The predicted molar refractivity (Wildman–Crippen MR) is 99.2 cm³/mol. The molecule has 0 aliphatic carbocycles. The third kappa shape index (κ3) is 3.13. The summed E-state index contributed by atoms with van der Waals surface area (Å²) in [6, 6.07) is 10.0. The van der Waals surface area contributed by atoms with Crippen LogP contribution in [0, 0.1) is 6.92 Å². The van der Waals surface area contributed by atoms with Crippen molar-refractivity contribution in [3.8, 4) is 0 Å². The maximum Gasteiger partial charge on any atom is 0.310 e. The first-order valence-electron chi connectivity index (χ1n) is 8.03. The Labute approximate surface area is 153 Å². The molecule has 1 aromatic heterocycles. The SMILES string of the molecule is Cc1c(C(C)C(=O)O)cc2ccoc2c1C(=O)c1ccc([S+](C)[O-])cc1. The van der Waals surface area contributed by atoms with Crippen LogP contribution in [0.15, 0.2) is 52.0 Å². The summed E-state index contributed by atoms with van der Waals surface area (Å²) in [4.78, 5) is 25.2. The zero-order valence-corrected chi connectivity index (χ0v) is 15.4. The number of aliphatic carboxylic acids is 1. The minimum atomic E-state index is -1.13. The van der Waals surface area contributed by atoms with Gasteiger partial charge in [0.1, 0.15) is 11.8 Å². The van der Waals surface area contributed by atoms with Gasteiger partial charge in [0.25, 0.3) is 0 Å². The number of carbonyl (C=O) groups excluding carboxylic acids is 1. The highest BCUT2D eigenvalue weighted by Gasteiger charge is 2.25. The molecule has 0 amide bonds. The van der Waals surface area contributed by atoms with E-state index in [1.807, 2.05) is 0 Å². The molecule has 6 heteroatoms. The van der Waals surface area contributed by atoms with E-state index in [9.17, 15) is 19.2 Å². The van der Waals surface area contributed by atoms with Crippen molar-refractivity contribution in [1.29, 1.82) is 0 Å². The molecule has 0 bridgehead atoms. The topological polar surface area (TPSA) is 90.6 Å². The van der Waals surface area contributed by atoms with Gasteiger partial charge in [0, 0.05) is 10.9 Å². The summed E-state index contributed by atoms with van der Waals surface area (Å²) in [7, 11) is 0. The van der Waals surface area contributed by atoms with Crippen molar-refractivity contribution in [2.75, 3.05) is 6.26 Å². The average Bonchev–Trinajstić information content (AvgIpc) is 3.08. The zero-order valence-electron chi connectivity index (χ0n) is 14.6. The molecule has 134 valence electrons. The first kappa shape index (κ1) is 18.2. The van der Waals surface area contributed by atoms with Crippen molar-refractivity contribution in [3.05, 3.63) is 64.9 Å². The van der Waals surface area contributed by atoms with E-state index in [0.717, 1.165) is 0 Å². The van der Waals surface area contributed by atoms with E-state index < -0.39 is 23.1 Å². The monoisotopic (exact) mass is 370 g/mol. The van der Waals surface area contributed by atoms with Gasteiger partial charge in [-0.1, -0.05) is 0 Å². The normalized spacial score (nSPS) is 13.5. The molecule has 0 saturated carbocycles. The van der Waals surface area contributed by atoms with Crippen molar-refractivity contribution >= 4 is 33.9 Å². The van der Waals surface area contributed by atoms with E-state index in [1.54, 1.807) is 56.5 Å². The van der Waals surface area contributed by atoms with E-state index in [1.165, 1.54) is 6.26 Å². The number of carboxylic acids is 1. The molecule has 3 rings (SSSR count). The van der Waals surface area contributed by atoms with Crippen LogP contribution in [0.1, 0.15) is 39.9 Å². The van der Waals surface area contributed by atoms with Gasteiger partial charge in [-0.3, -0.25) is 9.59 Å². The van der Waals surface area contributed by atoms with Crippen LogP contribution in [0.25, 0.3) is 11.0 Å². The van der Waals surface area contributed by atoms with E-state index in [-0.39, 0.29) is 5.78 Å². The zero-order chi connectivity index (χ0) is 19.0. The second kappa shape index (κ2) is 6.97. The maximum atomic E-state index is 13.1. The minimum Gasteiger partial charge on any atom is -0.612 e. The van der Waals surface area contributed by atoms with Crippen molar-refractivity contribution in [3.63, 3.8) is 0 Å². The van der Waals surface area contributed by atoms with Crippen molar-refractivity contribution in [2.24, 2.45) is 0 Å². The van der Waals surface area contributed by atoms with Crippen LogP contribution in [-0.4, -0.2) is 27.7 Å². The maximum absolute atomic E-state index is 13.1. The Bertz CT molecular complexity index is 985. The quantitative estimate of drug-likeness (QED) is 0.543. The van der Waals surface area contributed by atoms with Gasteiger partial charge in [-0.25, -0.2) is 0 Å². The molecule has 2 unspecified atom stereocenters. The Morgan fingerprint density at radius 2 is 1.85 bits per heavy atom. The highest BCUT2D eigenvalue weighted by atomic mass is 32.2. The molecule has 1 heterocycles. The van der Waals surface area contributed by atoms with Gasteiger partial charge >= 0.3 is 5.97 Å². The molecule has 0 spiro atoms. The van der Waals surface area contributed by atoms with Gasteiger partial charge in [-0.2, -0.15) is 0 Å². The van der Waals surface area contributed by atoms with Crippen LogP contribution in [0.5, 0.6) is 0 Å². The lowest BCUT2D eigenvalue weighted by molar-refractivity contribution is -0.138. The second-order valence-corrected chi connectivity index (χ2v) is 7.55. The highest BCUT2D eigenvalue weighted by Crippen LogP contribution is 2.32. The Kier molecular flexibility index (Phi) is 4.89. The summed E-state index contributed by atoms with van der Waals surface area (Å²) in [5, 5.41) is 10.1. The molecule has 2 aromatic carbocycles. The Balaban J connectivity index is 2.16. The summed E-state index contributed by atoms with van der Waals surface area (Å²) < 4.78 is 17.0. The number of hydrogen-bond acceptors (Lipinski definition) is 4. The predicted octanol–water partition coefficient (Wildman–Crippen LogP) is 3.90. The van der Waals surface area contributed by atoms with Gasteiger partial charge in [-0.05, 0) is 72.5 Å². The molecule has 0 saturated heterocycles. The highest BCUT2D eigenvalue weighted by molar-refractivity contribution is 7.90. The Morgan fingerprint density at radius 1 is 1.19 bits per heavy atom. The molecule has 0 aliphatic rings. The third-order valence-electron chi connectivity index (χ3n) is 4.55. The second-order valence-electron chi connectivity index (χ2n) is 6.17. The van der Waals surface area contributed by atoms with Crippen molar-refractivity contribution < 1.29 is 23.7 Å². The van der Waals surface area contributed by atoms with Crippen LogP contribution in [0.2, 0.25) is 0 Å². The minimum absolute atomic E-state index is 0.254. The van der Waals surface area contributed by atoms with E-state index in [4.69, 9.17) is 4.42 Å². The number of carboxylic acid groups (broad SMARTS) is 1. The van der Waals surface area contributed by atoms with E-state index >= 15 is 0 Å². The van der Waals surface area contributed by atoms with Gasteiger partial charge < -0.3 is 14.1 Å². The van der Waals surface area contributed by atoms with Crippen molar-refractivity contribution in [2.45, 2.75) is 24.7 Å². The fourth-order valence-corrected chi connectivity index (χ4v) is 3.54. The smallest absolute Gasteiger partial charge is 0.310 e. The molecule has 0 fully saturated rings. The van der Waals surface area contributed by atoms with Gasteiger partial charge in [0.05, 0.1) is 17.7 Å². The molecular weight excluding hydrogens is 352 g/mol. The summed E-state index contributed by atoms with van der Waals surface area (Å²) in [6.45, 7) is 3.33. The van der Waals surface area contributed by atoms with Crippen LogP contribution in [0.4, 0.5) is 0 Å². The van der Waals surface area contributed by atoms with Crippen LogP contribution >= 0.6 is 0 Å². The molecule has 3 aromatic rings. The van der Waals surface area contributed by atoms with Crippen LogP contribution in [0.3, 0.4) is 0 Å². The molecule has 26 heavy (non-hydrogen) atoms. The standard InChI is InChI=1S/C20H18O5S/c1-11-16(12(2)20(22)23)10-14-8-9-25-19(14)17(11)18(21)13-4-6-15(7-5-13)26(3)24/h4-10,12H,1-3H3,(H,22,23). The number of carbonyl (C=O) groups is 2. The molecule has 5 nitrogen and oxygen atoms in total. The molecule has 0 aliphatic heterocycles. The van der Waals surface area contributed by atoms with Gasteiger partial charge in [0.2, 0.25) is 0 Å². The first-order chi connectivity index (χ1) is 12.3. The fourth-order valence-electron chi connectivity index (χ4n) is 3.02. The van der Waals surface area contributed by atoms with Crippen molar-refractivity contribution in [1.82, 2.24) is 0 Å². The largest absolute Gasteiger partial charge is 0.612 e. The first-order valence-corrected chi connectivity index (χ1v) is 9.58. The third-order valence-corrected chi connectivity index (χ3v) is 5.49. The van der Waals surface area contributed by atoms with Gasteiger partial charge in [-0.15, -0.1) is 0 Å². The Morgan fingerprint density at radius 3 is 2.42 bits per heavy atom. The van der Waals surface area contributed by atoms with Gasteiger partial charge in [0.15, 0.2) is 10.7 Å². The number of ketones is 1. The summed E-state index contributed by atoms with van der Waals surface area (Å²) in [5.74, 6) is -1.95. The fraction of sp³-hybridized carbons (Fsp3) is 0.200. The lowest BCUT2D eigenvalue weighted by atomic mass is 9.88. The average molecular weight is 370 g/mol. The Hall–Kier alpha value is -2.57. The number of hydrogen-bond donors (Lipinski definition) is 1. The lowest BCUT2D eigenvalue weighted by Crippen LogP contribution is -2.13. The summed E-state index contributed by atoms with van der Waals surface area (Å²) in [5.41, 5.74) is 2.41. The van der Waals surface area contributed by atoms with Crippen LogP contribution < -0.4 is 0 Å². The molecular formula is C20H18O5S. The number of fused-ring (bicyclic) bond motifs is 1. The molecule has 1 N–H and O–H groups in total. The summed E-state index contributed by atoms with van der Waals surface area (Å²) in [6.07, 6.45) is 3.06. The van der Waals surface area contributed by atoms with E-state index in [0.29, 0.717) is 38.1 Å². The number of furan rings is 1. The lowest BCUT2D eigenvalue weighted by Gasteiger charge is -2.15.